The molecular weight excluding hydrogens is 823 g/mol. The van der Waals surface area contributed by atoms with Gasteiger partial charge in [0.05, 0.1) is 0 Å². The summed E-state index contributed by atoms with van der Waals surface area (Å²) in [7, 11) is 0. The SMILES string of the molecule is Cc1cc(=O)nc(NC(=O)NCC2(C)CC(NC(=O)NC(=O)/C(C#N)=C/c3ccc(NC(=O)NC4CC(C)(C)CC(C)(CNC(=O)Nc5nc(=O)cc(C)[nH]5)C4)cc3)CC(C)(C)C2)[nH]1. The van der Waals surface area contributed by atoms with Gasteiger partial charge in [0, 0.05) is 54.4 Å². The van der Waals surface area contributed by atoms with Crippen LogP contribution in [0, 0.1) is 46.8 Å². The third-order valence-corrected chi connectivity index (χ3v) is 11.2. The summed E-state index contributed by atoms with van der Waals surface area (Å²) in [5, 5.41) is 31.6. The number of nitriles is 1. The second kappa shape index (κ2) is 19.6. The van der Waals surface area contributed by atoms with E-state index in [0.717, 1.165) is 12.8 Å². The molecule has 2 aromatic heterocycles. The van der Waals surface area contributed by atoms with Crippen molar-refractivity contribution in [3.8, 4) is 6.07 Å². The molecule has 5 rings (SSSR count). The van der Waals surface area contributed by atoms with E-state index in [4.69, 9.17) is 0 Å². The van der Waals surface area contributed by atoms with E-state index < -0.39 is 46.6 Å². The van der Waals surface area contributed by atoms with Crippen LogP contribution >= 0.6 is 0 Å². The Balaban J connectivity index is 1.10. The highest BCUT2D eigenvalue weighted by Gasteiger charge is 2.43. The van der Waals surface area contributed by atoms with Crippen molar-refractivity contribution in [2.75, 3.05) is 29.0 Å². The number of hydrogen-bond acceptors (Lipinski definition) is 10. The first-order chi connectivity index (χ1) is 29.9. The molecule has 2 saturated carbocycles. The van der Waals surface area contributed by atoms with Crippen LogP contribution in [0.25, 0.3) is 6.08 Å². The molecular formula is C44H59N13O7. The van der Waals surface area contributed by atoms with Crippen molar-refractivity contribution in [3.63, 3.8) is 0 Å². The van der Waals surface area contributed by atoms with Gasteiger partial charge < -0.3 is 36.6 Å². The number of aryl methyl sites for hydroxylation is 2. The summed E-state index contributed by atoms with van der Waals surface area (Å²) in [6.45, 7) is 16.3. The van der Waals surface area contributed by atoms with Crippen LogP contribution < -0.4 is 53.7 Å². The van der Waals surface area contributed by atoms with Crippen LogP contribution in [0.1, 0.15) is 97.0 Å². The van der Waals surface area contributed by atoms with Crippen LogP contribution in [0.15, 0.2) is 51.6 Å². The van der Waals surface area contributed by atoms with Gasteiger partial charge in [0.1, 0.15) is 11.6 Å². The summed E-state index contributed by atoms with van der Waals surface area (Å²) < 4.78 is 0. The number of rotatable bonds is 11. The Labute approximate surface area is 371 Å². The molecule has 2 heterocycles. The molecule has 0 saturated heterocycles. The molecule has 2 fully saturated rings. The van der Waals surface area contributed by atoms with Crippen molar-refractivity contribution >= 4 is 53.7 Å². The Morgan fingerprint density at radius 3 is 1.58 bits per heavy atom. The number of anilines is 3. The molecule has 342 valence electrons. The molecule has 9 amide bonds. The fourth-order valence-corrected chi connectivity index (χ4v) is 9.63. The first-order valence-electron chi connectivity index (χ1n) is 21.1. The zero-order valence-electron chi connectivity index (χ0n) is 37.6. The molecule has 64 heavy (non-hydrogen) atoms. The zero-order valence-corrected chi connectivity index (χ0v) is 37.6. The minimum atomic E-state index is -0.890. The molecule has 10 N–H and O–H groups in total. The number of aromatic nitrogens is 4. The second-order valence-electron chi connectivity index (χ2n) is 19.4. The van der Waals surface area contributed by atoms with E-state index in [0.29, 0.717) is 54.9 Å². The van der Waals surface area contributed by atoms with E-state index in [9.17, 15) is 38.8 Å². The predicted octanol–water partition coefficient (Wildman–Crippen LogP) is 5.14. The normalized spacial score (nSPS) is 22.4. The minimum Gasteiger partial charge on any atom is -0.337 e. The number of hydrogen-bond donors (Lipinski definition) is 10. The van der Waals surface area contributed by atoms with E-state index >= 15 is 0 Å². The number of H-pyrrole nitrogens is 2. The average molecular weight is 882 g/mol. The predicted molar refractivity (Wildman–Crippen MR) is 241 cm³/mol. The first kappa shape index (κ1) is 48.0. The molecule has 0 spiro atoms. The third kappa shape index (κ3) is 14.5. The number of imide groups is 1. The van der Waals surface area contributed by atoms with E-state index in [-0.39, 0.29) is 52.3 Å². The van der Waals surface area contributed by atoms with Gasteiger partial charge in [-0.3, -0.25) is 30.3 Å². The third-order valence-electron chi connectivity index (χ3n) is 11.2. The van der Waals surface area contributed by atoms with Crippen molar-refractivity contribution in [2.45, 2.75) is 106 Å². The Morgan fingerprint density at radius 2 is 1.14 bits per heavy atom. The van der Waals surface area contributed by atoms with Crippen molar-refractivity contribution in [1.82, 2.24) is 46.5 Å². The van der Waals surface area contributed by atoms with Crippen molar-refractivity contribution in [2.24, 2.45) is 21.7 Å². The molecule has 0 bridgehead atoms. The molecule has 0 aliphatic heterocycles. The van der Waals surface area contributed by atoms with Gasteiger partial charge in [0.2, 0.25) is 11.9 Å². The van der Waals surface area contributed by atoms with Gasteiger partial charge in [-0.15, -0.1) is 0 Å². The highest BCUT2D eigenvalue weighted by molar-refractivity contribution is 6.09. The van der Waals surface area contributed by atoms with Crippen LogP contribution in [-0.4, -0.2) is 75.1 Å². The van der Waals surface area contributed by atoms with Gasteiger partial charge in [-0.25, -0.2) is 19.2 Å². The van der Waals surface area contributed by atoms with Crippen molar-refractivity contribution < 1.29 is 24.0 Å². The van der Waals surface area contributed by atoms with Crippen LogP contribution in [-0.2, 0) is 4.79 Å². The number of benzene rings is 1. The molecule has 4 atom stereocenters. The number of nitrogens with one attached hydrogen (secondary N) is 10. The number of urea groups is 4. The number of aromatic amines is 2. The van der Waals surface area contributed by atoms with Gasteiger partial charge in [-0.05, 0) is 97.8 Å². The number of amides is 9. The number of nitrogens with zero attached hydrogens (tertiary/aromatic N) is 3. The summed E-state index contributed by atoms with van der Waals surface area (Å²) in [5.41, 5.74) is -0.371. The Morgan fingerprint density at radius 1 is 0.688 bits per heavy atom. The standard InChI is InChI=1S/C44H59N13O7/c1-25-13-32(58)53-35(48-25)56-37(61)46-23-43(7)18-30(16-41(3,4)21-43)51-39(63)50-29-11-9-27(10-12-29)15-28(20-45)34(60)55-40(64)52-31-17-42(5,6)22-44(8,19-31)24-47-38(62)57-36-49-26(2)14-33(59)54-36/h9-15,30-31H,16-19,21-24H2,1-8H3,(H2,50,51,63)(H2,52,55,60,64)(H3,46,48,53,56,58,61)(H3,47,49,54,57,59,62)/b28-15+. The summed E-state index contributed by atoms with van der Waals surface area (Å²) in [6.07, 6.45) is 5.28. The molecule has 3 aromatic rings. The van der Waals surface area contributed by atoms with E-state index in [1.165, 1.54) is 18.2 Å². The lowest BCUT2D eigenvalue weighted by molar-refractivity contribution is -0.116. The highest BCUT2D eigenvalue weighted by atomic mass is 16.2. The van der Waals surface area contributed by atoms with Gasteiger partial charge >= 0.3 is 24.1 Å². The Kier molecular flexibility index (Phi) is 14.7. The van der Waals surface area contributed by atoms with Gasteiger partial charge in [-0.2, -0.15) is 15.2 Å². The van der Waals surface area contributed by atoms with Crippen molar-refractivity contribution in [3.05, 3.63) is 79.6 Å². The first-order valence-corrected chi connectivity index (χ1v) is 21.1. The zero-order chi connectivity index (χ0) is 47.0. The lowest BCUT2D eigenvalue weighted by atomic mass is 9.62. The Hall–Kier alpha value is -7.04. The Bertz CT molecular complexity index is 2450. The van der Waals surface area contributed by atoms with Crippen molar-refractivity contribution in [1.29, 1.82) is 5.26 Å². The lowest BCUT2D eigenvalue weighted by Gasteiger charge is -2.46. The summed E-state index contributed by atoms with van der Waals surface area (Å²) in [5.74, 6) is -0.816. The molecule has 1 aromatic carbocycles. The molecule has 2 aliphatic rings. The fraction of sp³-hybridized carbons (Fsp3) is 0.500. The topological polar surface area (TPSA) is 297 Å². The van der Waals surface area contributed by atoms with E-state index in [1.807, 2.05) is 13.0 Å². The fourth-order valence-electron chi connectivity index (χ4n) is 9.63. The molecule has 20 heteroatoms. The molecule has 20 nitrogen and oxygen atoms in total. The monoisotopic (exact) mass is 881 g/mol. The maximum absolute atomic E-state index is 13.2. The molecule has 2 aliphatic carbocycles. The van der Waals surface area contributed by atoms with E-state index in [1.54, 1.807) is 38.1 Å². The van der Waals surface area contributed by atoms with Crippen LogP contribution in [0.4, 0.5) is 36.8 Å². The second-order valence-corrected chi connectivity index (χ2v) is 19.4. The molecule has 0 radical (unpaired) electrons. The van der Waals surface area contributed by atoms with E-state index in [2.05, 4.69) is 97.1 Å². The van der Waals surface area contributed by atoms with Gasteiger partial charge in [-0.1, -0.05) is 53.7 Å². The van der Waals surface area contributed by atoms with Crippen LogP contribution in [0.5, 0.6) is 0 Å². The average Bonchev–Trinajstić information content (AvgIpc) is 3.13. The summed E-state index contributed by atoms with van der Waals surface area (Å²) in [6, 6.07) is 8.18. The smallest absolute Gasteiger partial charge is 0.321 e. The lowest BCUT2D eigenvalue weighted by Crippen LogP contribution is -2.53. The quantitative estimate of drug-likeness (QED) is 0.0894. The number of carbonyl (C=O) groups excluding carboxylic acids is 5. The number of carbonyl (C=O) groups is 5. The largest absolute Gasteiger partial charge is 0.337 e. The van der Waals surface area contributed by atoms with Crippen LogP contribution in [0.3, 0.4) is 0 Å². The van der Waals surface area contributed by atoms with Gasteiger partial charge in [0.15, 0.2) is 0 Å². The molecule has 4 unspecified atom stereocenters. The summed E-state index contributed by atoms with van der Waals surface area (Å²) >= 11 is 0. The minimum absolute atomic E-state index is 0.0251. The maximum Gasteiger partial charge on any atom is 0.321 e. The highest BCUT2D eigenvalue weighted by Crippen LogP contribution is 2.47. The maximum atomic E-state index is 13.2. The summed E-state index contributed by atoms with van der Waals surface area (Å²) in [4.78, 5) is 101. The van der Waals surface area contributed by atoms with Crippen LogP contribution in [0.2, 0.25) is 0 Å². The van der Waals surface area contributed by atoms with Gasteiger partial charge in [0.25, 0.3) is 17.0 Å².